The second-order valence-corrected chi connectivity index (χ2v) is 6.86. The summed E-state index contributed by atoms with van der Waals surface area (Å²) in [7, 11) is 0. The van der Waals surface area contributed by atoms with Crippen LogP contribution in [0.1, 0.15) is 28.2 Å². The molecule has 0 aliphatic carbocycles. The second-order valence-electron chi connectivity index (χ2n) is 5.92. The van der Waals surface area contributed by atoms with Gasteiger partial charge in [0, 0.05) is 29.0 Å². The highest BCUT2D eigenvalue weighted by Crippen LogP contribution is 2.29. The van der Waals surface area contributed by atoms with Gasteiger partial charge in [0.1, 0.15) is 5.82 Å². The smallest absolute Gasteiger partial charge is 0.147 e. The van der Waals surface area contributed by atoms with Crippen molar-refractivity contribution in [3.8, 4) is 0 Å². The van der Waals surface area contributed by atoms with E-state index in [4.69, 9.17) is 0 Å². The van der Waals surface area contributed by atoms with Crippen LogP contribution in [0.3, 0.4) is 0 Å². The molecule has 0 unspecified atom stereocenters. The number of aromatic amines is 1. The number of benzene rings is 1. The number of H-pyrrole nitrogens is 1. The molecule has 1 aliphatic rings. The van der Waals surface area contributed by atoms with Crippen LogP contribution in [0.25, 0.3) is 10.9 Å². The van der Waals surface area contributed by atoms with Gasteiger partial charge in [0.25, 0.3) is 0 Å². The molecule has 0 fully saturated rings. The van der Waals surface area contributed by atoms with Gasteiger partial charge in [-0.05, 0) is 37.9 Å². The second kappa shape index (κ2) is 5.48. The fraction of sp³-hybridized carbons (Fsp3) is 0.353. The first-order valence-electron chi connectivity index (χ1n) is 7.61. The van der Waals surface area contributed by atoms with Crippen molar-refractivity contribution < 1.29 is 4.39 Å². The highest BCUT2D eigenvalue weighted by atomic mass is 32.1. The molecule has 0 amide bonds. The van der Waals surface area contributed by atoms with Crippen molar-refractivity contribution in [3.63, 3.8) is 0 Å². The Bertz CT molecular complexity index is 821. The van der Waals surface area contributed by atoms with E-state index >= 15 is 0 Å². The molecule has 1 aliphatic heterocycles. The van der Waals surface area contributed by atoms with E-state index < -0.39 is 0 Å². The lowest BCUT2D eigenvalue weighted by molar-refractivity contribution is 0.260. The fourth-order valence-electron chi connectivity index (χ4n) is 3.31. The maximum absolute atomic E-state index is 14.0. The van der Waals surface area contributed by atoms with Gasteiger partial charge in [-0.2, -0.15) is 0 Å². The Morgan fingerprint density at radius 1 is 1.41 bits per heavy atom. The molecule has 0 saturated carbocycles. The first kappa shape index (κ1) is 13.9. The fourth-order valence-corrected chi connectivity index (χ4v) is 4.13. The molecule has 5 heteroatoms. The summed E-state index contributed by atoms with van der Waals surface area (Å²) in [6.45, 7) is 4.90. The van der Waals surface area contributed by atoms with Crippen LogP contribution in [0.15, 0.2) is 23.7 Å². The van der Waals surface area contributed by atoms with Gasteiger partial charge < -0.3 is 4.98 Å². The lowest BCUT2D eigenvalue weighted by Crippen LogP contribution is -2.22. The van der Waals surface area contributed by atoms with Crippen LogP contribution >= 0.6 is 11.3 Å². The summed E-state index contributed by atoms with van der Waals surface area (Å²) in [5.74, 6) is -0.157. The van der Waals surface area contributed by atoms with Gasteiger partial charge in [0.15, 0.2) is 0 Å². The molecule has 0 saturated heterocycles. The summed E-state index contributed by atoms with van der Waals surface area (Å²) in [5, 5.41) is 1.05. The summed E-state index contributed by atoms with van der Waals surface area (Å²) in [5.41, 5.74) is 6.14. The summed E-state index contributed by atoms with van der Waals surface area (Å²) in [4.78, 5) is 11.4. The molecule has 0 bridgehead atoms. The van der Waals surface area contributed by atoms with E-state index in [1.807, 2.05) is 11.6 Å². The summed E-state index contributed by atoms with van der Waals surface area (Å²) >= 11 is 1.72. The third kappa shape index (κ3) is 2.34. The Kier molecular flexibility index (Phi) is 3.47. The molecule has 2 aromatic heterocycles. The SMILES string of the molecule is Cc1ncsc1CN1CCCc2c([nH]c3c(F)cccc23)C1. The minimum Gasteiger partial charge on any atom is -0.355 e. The van der Waals surface area contributed by atoms with E-state index in [9.17, 15) is 4.39 Å². The number of halogens is 1. The highest BCUT2D eigenvalue weighted by molar-refractivity contribution is 7.09. The van der Waals surface area contributed by atoms with Crippen LogP contribution < -0.4 is 0 Å². The molecule has 1 N–H and O–H groups in total. The van der Waals surface area contributed by atoms with Crippen molar-refractivity contribution in [2.75, 3.05) is 6.54 Å². The zero-order valence-electron chi connectivity index (χ0n) is 12.5. The third-order valence-corrected chi connectivity index (χ3v) is 5.39. The van der Waals surface area contributed by atoms with Crippen molar-refractivity contribution in [1.29, 1.82) is 0 Å². The predicted octanol–water partition coefficient (Wildman–Crippen LogP) is 4.02. The van der Waals surface area contributed by atoms with E-state index in [0.717, 1.165) is 43.6 Å². The predicted molar refractivity (Wildman–Crippen MR) is 87.5 cm³/mol. The van der Waals surface area contributed by atoms with Crippen LogP contribution in [0.5, 0.6) is 0 Å². The molecule has 0 spiro atoms. The quantitative estimate of drug-likeness (QED) is 0.774. The van der Waals surface area contributed by atoms with Gasteiger partial charge in [0.05, 0.1) is 16.7 Å². The van der Waals surface area contributed by atoms with E-state index in [1.54, 1.807) is 17.4 Å². The number of aromatic nitrogens is 2. The normalized spacial score (nSPS) is 15.9. The molecular formula is C17H18FN3S. The molecule has 1 aromatic carbocycles. The zero-order chi connectivity index (χ0) is 15.1. The van der Waals surface area contributed by atoms with E-state index in [0.29, 0.717) is 5.52 Å². The molecule has 4 rings (SSSR count). The Labute approximate surface area is 132 Å². The van der Waals surface area contributed by atoms with Crippen molar-refractivity contribution in [2.24, 2.45) is 0 Å². The maximum atomic E-state index is 14.0. The van der Waals surface area contributed by atoms with Crippen molar-refractivity contribution in [3.05, 3.63) is 51.4 Å². The monoisotopic (exact) mass is 315 g/mol. The van der Waals surface area contributed by atoms with Gasteiger partial charge in [-0.1, -0.05) is 12.1 Å². The molecular weight excluding hydrogens is 297 g/mol. The Balaban J connectivity index is 1.67. The van der Waals surface area contributed by atoms with Crippen molar-refractivity contribution in [1.82, 2.24) is 14.9 Å². The van der Waals surface area contributed by atoms with Crippen LogP contribution in [-0.4, -0.2) is 21.4 Å². The van der Waals surface area contributed by atoms with Crippen LogP contribution in [0.2, 0.25) is 0 Å². The van der Waals surface area contributed by atoms with Crippen LogP contribution in [-0.2, 0) is 19.5 Å². The average molecular weight is 315 g/mol. The van der Waals surface area contributed by atoms with Crippen molar-refractivity contribution >= 4 is 22.2 Å². The number of thiazole rings is 1. The van der Waals surface area contributed by atoms with Gasteiger partial charge in [-0.25, -0.2) is 9.37 Å². The number of hydrogen-bond donors (Lipinski definition) is 1. The number of aryl methyl sites for hydroxylation is 2. The first-order valence-corrected chi connectivity index (χ1v) is 8.49. The molecule has 3 nitrogen and oxygen atoms in total. The number of fused-ring (bicyclic) bond motifs is 3. The van der Waals surface area contributed by atoms with E-state index in [1.165, 1.54) is 22.2 Å². The molecule has 0 atom stereocenters. The Morgan fingerprint density at radius 3 is 3.14 bits per heavy atom. The van der Waals surface area contributed by atoms with Gasteiger partial charge >= 0.3 is 0 Å². The van der Waals surface area contributed by atoms with E-state index in [2.05, 4.69) is 21.8 Å². The zero-order valence-corrected chi connectivity index (χ0v) is 13.3. The van der Waals surface area contributed by atoms with Gasteiger partial charge in [-0.3, -0.25) is 4.90 Å². The number of rotatable bonds is 2. The maximum Gasteiger partial charge on any atom is 0.147 e. The third-order valence-electron chi connectivity index (χ3n) is 4.47. The minimum atomic E-state index is -0.157. The van der Waals surface area contributed by atoms with Crippen LogP contribution in [0.4, 0.5) is 4.39 Å². The molecule has 0 radical (unpaired) electrons. The Morgan fingerprint density at radius 2 is 2.32 bits per heavy atom. The molecule has 3 heterocycles. The molecule has 3 aromatic rings. The van der Waals surface area contributed by atoms with Gasteiger partial charge in [-0.15, -0.1) is 11.3 Å². The summed E-state index contributed by atoms with van der Waals surface area (Å²) < 4.78 is 14.0. The van der Waals surface area contributed by atoms with Crippen molar-refractivity contribution in [2.45, 2.75) is 32.9 Å². The van der Waals surface area contributed by atoms with Gasteiger partial charge in [0.2, 0.25) is 0 Å². The number of hydrogen-bond acceptors (Lipinski definition) is 3. The largest absolute Gasteiger partial charge is 0.355 e. The number of nitrogens with zero attached hydrogens (tertiary/aromatic N) is 2. The van der Waals surface area contributed by atoms with E-state index in [-0.39, 0.29) is 5.82 Å². The molecule has 22 heavy (non-hydrogen) atoms. The number of para-hydroxylation sites is 1. The van der Waals surface area contributed by atoms with Crippen LogP contribution in [0, 0.1) is 12.7 Å². The highest BCUT2D eigenvalue weighted by Gasteiger charge is 2.20. The summed E-state index contributed by atoms with van der Waals surface area (Å²) in [6.07, 6.45) is 2.12. The first-order chi connectivity index (χ1) is 10.7. The standard InChI is InChI=1S/C17H18FN3S/c1-11-16(22-10-19-11)9-21-7-3-5-12-13-4-2-6-14(18)17(13)20-15(12)8-21/h2,4,6,10,20H,3,5,7-9H2,1H3. The number of nitrogens with one attached hydrogen (secondary N) is 1. The lowest BCUT2D eigenvalue weighted by Gasteiger charge is -2.19. The average Bonchev–Trinajstić information content (AvgIpc) is 2.99. The topological polar surface area (TPSA) is 31.9 Å². The summed E-state index contributed by atoms with van der Waals surface area (Å²) in [6, 6.07) is 5.35. The minimum absolute atomic E-state index is 0.157. The molecule has 114 valence electrons. The Hall–Kier alpha value is -1.72. The lowest BCUT2D eigenvalue weighted by atomic mass is 10.1.